The molecule has 0 bridgehead atoms. The van der Waals surface area contributed by atoms with E-state index < -0.39 is 0 Å². The van der Waals surface area contributed by atoms with E-state index in [1.807, 2.05) is 31.2 Å². The van der Waals surface area contributed by atoms with Crippen molar-refractivity contribution in [3.8, 4) is 5.75 Å². The monoisotopic (exact) mass is 270 g/mol. The maximum Gasteiger partial charge on any atom is 0.253 e. The summed E-state index contributed by atoms with van der Waals surface area (Å²) in [5.74, 6) is 0.302. The minimum atomic E-state index is -0.206. The van der Waals surface area contributed by atoms with Gasteiger partial charge in [-0.2, -0.15) is 0 Å². The molecule has 104 valence electrons. The fourth-order valence-corrected chi connectivity index (χ4v) is 2.02. The van der Waals surface area contributed by atoms with Crippen molar-refractivity contribution in [2.75, 3.05) is 12.8 Å². The Morgan fingerprint density at radius 2 is 2.00 bits per heavy atom. The van der Waals surface area contributed by atoms with Crippen molar-refractivity contribution in [1.29, 1.82) is 0 Å². The molecule has 0 radical (unpaired) electrons. The average molecular weight is 270 g/mol. The minimum absolute atomic E-state index is 0.206. The normalized spacial score (nSPS) is 10.1. The number of para-hydroxylation sites is 1. The number of hydrogen-bond donors (Lipinski definition) is 2. The van der Waals surface area contributed by atoms with Gasteiger partial charge in [0.2, 0.25) is 0 Å². The number of carbonyl (C=O) groups is 1. The number of anilines is 1. The molecular formula is C16H18N2O2. The lowest BCUT2D eigenvalue weighted by molar-refractivity contribution is 0.0951. The second kappa shape index (κ2) is 6.10. The molecule has 0 heterocycles. The first-order valence-corrected chi connectivity index (χ1v) is 6.38. The van der Waals surface area contributed by atoms with Gasteiger partial charge in [-0.15, -0.1) is 0 Å². The molecular weight excluding hydrogens is 252 g/mol. The summed E-state index contributed by atoms with van der Waals surface area (Å²) >= 11 is 0. The summed E-state index contributed by atoms with van der Waals surface area (Å²) in [5.41, 5.74) is 8.91. The fourth-order valence-electron chi connectivity index (χ4n) is 2.02. The average Bonchev–Trinajstić information content (AvgIpc) is 2.45. The molecule has 3 N–H and O–H groups in total. The van der Waals surface area contributed by atoms with Gasteiger partial charge in [0, 0.05) is 6.54 Å². The van der Waals surface area contributed by atoms with Gasteiger partial charge in [0.05, 0.1) is 18.4 Å². The Bertz CT molecular complexity index is 624. The van der Waals surface area contributed by atoms with E-state index in [-0.39, 0.29) is 5.91 Å². The zero-order valence-corrected chi connectivity index (χ0v) is 11.6. The Hall–Kier alpha value is -2.49. The molecule has 2 aromatic carbocycles. The predicted molar refractivity (Wildman–Crippen MR) is 79.8 cm³/mol. The van der Waals surface area contributed by atoms with Crippen molar-refractivity contribution in [2.45, 2.75) is 13.5 Å². The summed E-state index contributed by atoms with van der Waals surface area (Å²) in [7, 11) is 1.53. The van der Waals surface area contributed by atoms with Crippen LogP contribution in [0.1, 0.15) is 21.5 Å². The van der Waals surface area contributed by atoms with E-state index in [1.54, 1.807) is 18.2 Å². The summed E-state index contributed by atoms with van der Waals surface area (Å²) < 4.78 is 5.11. The maximum absolute atomic E-state index is 12.1. The highest BCUT2D eigenvalue weighted by Crippen LogP contribution is 2.24. The van der Waals surface area contributed by atoms with Crippen LogP contribution in [0.15, 0.2) is 42.5 Å². The van der Waals surface area contributed by atoms with E-state index in [9.17, 15) is 4.79 Å². The Kier molecular flexibility index (Phi) is 4.25. The number of benzene rings is 2. The number of amides is 1. The minimum Gasteiger partial charge on any atom is -0.495 e. The number of nitrogens with one attached hydrogen (secondary N) is 1. The first-order valence-electron chi connectivity index (χ1n) is 6.38. The number of carbonyl (C=O) groups excluding carboxylic acids is 1. The van der Waals surface area contributed by atoms with Crippen molar-refractivity contribution in [3.63, 3.8) is 0 Å². The highest BCUT2D eigenvalue weighted by molar-refractivity contribution is 6.00. The van der Waals surface area contributed by atoms with Gasteiger partial charge in [0.15, 0.2) is 0 Å². The fraction of sp³-hybridized carbons (Fsp3) is 0.188. The molecule has 0 atom stereocenters. The topological polar surface area (TPSA) is 64.3 Å². The number of nitrogen functional groups attached to an aromatic ring is 1. The third-order valence-electron chi connectivity index (χ3n) is 3.07. The van der Waals surface area contributed by atoms with Gasteiger partial charge in [-0.25, -0.2) is 0 Å². The molecule has 0 aliphatic heterocycles. The summed E-state index contributed by atoms with van der Waals surface area (Å²) in [6.45, 7) is 2.49. The van der Waals surface area contributed by atoms with Crippen molar-refractivity contribution >= 4 is 11.6 Å². The third kappa shape index (κ3) is 3.09. The van der Waals surface area contributed by atoms with Gasteiger partial charge in [-0.3, -0.25) is 4.79 Å². The van der Waals surface area contributed by atoms with Gasteiger partial charge in [-0.1, -0.05) is 35.9 Å². The van der Waals surface area contributed by atoms with Crippen LogP contribution in [0.4, 0.5) is 5.69 Å². The van der Waals surface area contributed by atoms with Crippen LogP contribution >= 0.6 is 0 Å². The first kappa shape index (κ1) is 13.9. The molecule has 20 heavy (non-hydrogen) atoms. The van der Waals surface area contributed by atoms with E-state index in [0.29, 0.717) is 23.5 Å². The standard InChI is InChI=1S/C16H18N2O2/c1-11-5-3-6-12(9-11)10-18-16(19)13-7-4-8-14(20-2)15(13)17/h3-9H,10,17H2,1-2H3,(H,18,19). The molecule has 4 nitrogen and oxygen atoms in total. The largest absolute Gasteiger partial charge is 0.495 e. The summed E-state index contributed by atoms with van der Waals surface area (Å²) in [5, 5.41) is 2.86. The molecule has 2 rings (SSSR count). The van der Waals surface area contributed by atoms with E-state index in [2.05, 4.69) is 5.32 Å². The summed E-state index contributed by atoms with van der Waals surface area (Å²) in [6.07, 6.45) is 0. The molecule has 0 aromatic heterocycles. The predicted octanol–water partition coefficient (Wildman–Crippen LogP) is 2.52. The lowest BCUT2D eigenvalue weighted by Crippen LogP contribution is -2.24. The Balaban J connectivity index is 2.09. The number of nitrogens with two attached hydrogens (primary N) is 1. The second-order valence-corrected chi connectivity index (χ2v) is 4.59. The molecule has 0 fully saturated rings. The van der Waals surface area contributed by atoms with E-state index in [4.69, 9.17) is 10.5 Å². The van der Waals surface area contributed by atoms with Crippen molar-refractivity contribution in [2.24, 2.45) is 0 Å². The van der Waals surface area contributed by atoms with Crippen LogP contribution in [0, 0.1) is 6.92 Å². The van der Waals surface area contributed by atoms with Crippen LogP contribution in [-0.2, 0) is 6.54 Å². The lowest BCUT2D eigenvalue weighted by atomic mass is 10.1. The zero-order chi connectivity index (χ0) is 14.5. The van der Waals surface area contributed by atoms with Gasteiger partial charge in [-0.05, 0) is 24.6 Å². The molecule has 0 spiro atoms. The SMILES string of the molecule is COc1cccc(C(=O)NCc2cccc(C)c2)c1N. The van der Waals surface area contributed by atoms with Crippen LogP contribution in [0.3, 0.4) is 0 Å². The zero-order valence-electron chi connectivity index (χ0n) is 11.6. The Morgan fingerprint density at radius 1 is 1.25 bits per heavy atom. The Morgan fingerprint density at radius 3 is 2.70 bits per heavy atom. The highest BCUT2D eigenvalue weighted by atomic mass is 16.5. The number of rotatable bonds is 4. The van der Waals surface area contributed by atoms with Gasteiger partial charge in [0.25, 0.3) is 5.91 Å². The smallest absolute Gasteiger partial charge is 0.253 e. The second-order valence-electron chi connectivity index (χ2n) is 4.59. The molecule has 0 saturated heterocycles. The van der Waals surface area contributed by atoms with Gasteiger partial charge >= 0.3 is 0 Å². The third-order valence-corrected chi connectivity index (χ3v) is 3.07. The molecule has 2 aromatic rings. The number of ether oxygens (including phenoxy) is 1. The molecule has 0 saturated carbocycles. The van der Waals surface area contributed by atoms with E-state index in [0.717, 1.165) is 11.1 Å². The lowest BCUT2D eigenvalue weighted by Gasteiger charge is -2.10. The number of methoxy groups -OCH3 is 1. The van der Waals surface area contributed by atoms with E-state index >= 15 is 0 Å². The van der Waals surface area contributed by atoms with Crippen LogP contribution in [0.2, 0.25) is 0 Å². The van der Waals surface area contributed by atoms with Crippen LogP contribution in [-0.4, -0.2) is 13.0 Å². The van der Waals surface area contributed by atoms with Crippen molar-refractivity contribution in [3.05, 3.63) is 59.2 Å². The number of aryl methyl sites for hydroxylation is 1. The molecule has 0 unspecified atom stereocenters. The van der Waals surface area contributed by atoms with Gasteiger partial charge in [0.1, 0.15) is 5.75 Å². The van der Waals surface area contributed by atoms with Gasteiger partial charge < -0.3 is 15.8 Å². The van der Waals surface area contributed by atoms with Crippen molar-refractivity contribution < 1.29 is 9.53 Å². The van der Waals surface area contributed by atoms with E-state index in [1.165, 1.54) is 7.11 Å². The van der Waals surface area contributed by atoms with Crippen LogP contribution < -0.4 is 15.8 Å². The molecule has 1 amide bonds. The first-order chi connectivity index (χ1) is 9.61. The highest BCUT2D eigenvalue weighted by Gasteiger charge is 2.12. The summed E-state index contributed by atoms with van der Waals surface area (Å²) in [6, 6.07) is 13.2. The van der Waals surface area contributed by atoms with Crippen molar-refractivity contribution in [1.82, 2.24) is 5.32 Å². The molecule has 0 aliphatic rings. The maximum atomic E-state index is 12.1. The molecule has 4 heteroatoms. The summed E-state index contributed by atoms with van der Waals surface area (Å²) in [4.78, 5) is 12.1. The molecule has 0 aliphatic carbocycles. The number of hydrogen-bond acceptors (Lipinski definition) is 3. The van der Waals surface area contributed by atoms with Crippen LogP contribution in [0.25, 0.3) is 0 Å². The quantitative estimate of drug-likeness (QED) is 0.839. The Labute approximate surface area is 118 Å². The van der Waals surface area contributed by atoms with Crippen LogP contribution in [0.5, 0.6) is 5.75 Å².